The van der Waals surface area contributed by atoms with Crippen LogP contribution in [0.2, 0.25) is 0 Å². The van der Waals surface area contributed by atoms with Crippen molar-refractivity contribution >= 4 is 11.6 Å². The van der Waals surface area contributed by atoms with E-state index >= 15 is 0 Å². The average molecular weight is 234 g/mol. The van der Waals surface area contributed by atoms with Crippen molar-refractivity contribution in [3.8, 4) is 0 Å². The largest absolute Gasteiger partial charge is 0.384 e. The highest BCUT2D eigenvalue weighted by atomic mass is 16.3. The first-order chi connectivity index (χ1) is 8.10. The van der Waals surface area contributed by atoms with Gasteiger partial charge in [0.1, 0.15) is 5.60 Å². The summed E-state index contributed by atoms with van der Waals surface area (Å²) >= 11 is 0. The lowest BCUT2D eigenvalue weighted by Crippen LogP contribution is -2.43. The van der Waals surface area contributed by atoms with Gasteiger partial charge >= 0.3 is 0 Å². The number of piperidine rings is 1. The Labute approximate surface area is 101 Å². The van der Waals surface area contributed by atoms with E-state index in [1.807, 2.05) is 24.3 Å². The number of rotatable bonds is 2. The van der Waals surface area contributed by atoms with Gasteiger partial charge in [-0.2, -0.15) is 0 Å². The Kier molecular flexibility index (Phi) is 3.45. The Balaban J connectivity index is 2.22. The Hall–Kier alpha value is -1.39. The Morgan fingerprint density at radius 1 is 1.53 bits per heavy atom. The van der Waals surface area contributed by atoms with Crippen molar-refractivity contribution in [2.75, 3.05) is 18.4 Å². The molecule has 1 aliphatic rings. The summed E-state index contributed by atoms with van der Waals surface area (Å²) in [4.78, 5) is 11.0. The predicted molar refractivity (Wildman–Crippen MR) is 66.7 cm³/mol. The smallest absolute Gasteiger partial charge is 0.221 e. The number of hydrogen-bond acceptors (Lipinski definition) is 3. The molecule has 4 nitrogen and oxygen atoms in total. The maximum Gasteiger partial charge on any atom is 0.221 e. The second kappa shape index (κ2) is 4.85. The van der Waals surface area contributed by atoms with E-state index in [1.165, 1.54) is 6.92 Å². The van der Waals surface area contributed by atoms with Crippen LogP contribution >= 0.6 is 0 Å². The first-order valence-electron chi connectivity index (χ1n) is 5.91. The van der Waals surface area contributed by atoms with Crippen LogP contribution < -0.4 is 10.6 Å². The fraction of sp³-hybridized carbons (Fsp3) is 0.462. The summed E-state index contributed by atoms with van der Waals surface area (Å²) < 4.78 is 0. The van der Waals surface area contributed by atoms with Crippen LogP contribution in [0.15, 0.2) is 24.3 Å². The summed E-state index contributed by atoms with van der Waals surface area (Å²) in [5, 5.41) is 16.5. The van der Waals surface area contributed by atoms with Gasteiger partial charge in [0.2, 0.25) is 5.91 Å². The molecule has 92 valence electrons. The summed E-state index contributed by atoms with van der Waals surface area (Å²) in [5.74, 6) is -0.101. The van der Waals surface area contributed by atoms with E-state index in [-0.39, 0.29) is 5.91 Å². The highest BCUT2D eigenvalue weighted by Gasteiger charge is 2.31. The highest BCUT2D eigenvalue weighted by Crippen LogP contribution is 2.29. The summed E-state index contributed by atoms with van der Waals surface area (Å²) in [6, 6.07) is 7.42. The molecule has 0 spiro atoms. The van der Waals surface area contributed by atoms with E-state index in [0.717, 1.165) is 30.6 Å². The van der Waals surface area contributed by atoms with E-state index in [4.69, 9.17) is 0 Å². The van der Waals surface area contributed by atoms with Crippen LogP contribution in [-0.4, -0.2) is 24.1 Å². The van der Waals surface area contributed by atoms with Gasteiger partial charge in [0, 0.05) is 19.2 Å². The van der Waals surface area contributed by atoms with Crippen LogP contribution in [-0.2, 0) is 10.4 Å². The fourth-order valence-corrected chi connectivity index (χ4v) is 2.23. The number of anilines is 1. The van der Waals surface area contributed by atoms with Gasteiger partial charge in [0.25, 0.3) is 0 Å². The summed E-state index contributed by atoms with van der Waals surface area (Å²) in [7, 11) is 0. The molecule has 1 aromatic rings. The van der Waals surface area contributed by atoms with Crippen LogP contribution in [0.3, 0.4) is 0 Å². The third kappa shape index (κ3) is 2.84. The molecule has 17 heavy (non-hydrogen) atoms. The lowest BCUT2D eigenvalue weighted by atomic mass is 9.86. The highest BCUT2D eigenvalue weighted by molar-refractivity contribution is 5.88. The van der Waals surface area contributed by atoms with Gasteiger partial charge in [-0.3, -0.25) is 4.79 Å². The summed E-state index contributed by atoms with van der Waals surface area (Å²) in [5.41, 5.74) is 0.775. The number of carbonyl (C=O) groups excluding carboxylic acids is 1. The predicted octanol–water partition coefficient (Wildman–Crippen LogP) is 1.22. The first kappa shape index (κ1) is 12.1. The molecule has 0 aromatic heterocycles. The molecule has 1 atom stereocenters. The lowest BCUT2D eigenvalue weighted by Gasteiger charge is -2.33. The third-order valence-corrected chi connectivity index (χ3v) is 3.08. The van der Waals surface area contributed by atoms with Gasteiger partial charge < -0.3 is 15.7 Å². The van der Waals surface area contributed by atoms with Gasteiger partial charge in [-0.25, -0.2) is 0 Å². The topological polar surface area (TPSA) is 61.4 Å². The van der Waals surface area contributed by atoms with E-state index in [1.54, 1.807) is 0 Å². The van der Waals surface area contributed by atoms with Crippen molar-refractivity contribution < 1.29 is 9.90 Å². The van der Waals surface area contributed by atoms with E-state index in [9.17, 15) is 9.90 Å². The number of amides is 1. The molecule has 1 unspecified atom stereocenters. The Morgan fingerprint density at radius 2 is 2.35 bits per heavy atom. The first-order valence-corrected chi connectivity index (χ1v) is 5.91. The second-order valence-corrected chi connectivity index (χ2v) is 4.57. The molecule has 0 radical (unpaired) electrons. The molecular weight excluding hydrogens is 216 g/mol. The Morgan fingerprint density at radius 3 is 3.00 bits per heavy atom. The molecular formula is C13H18N2O2. The van der Waals surface area contributed by atoms with Crippen molar-refractivity contribution in [3.05, 3.63) is 29.8 Å². The maximum absolute atomic E-state index is 11.0. The summed E-state index contributed by atoms with van der Waals surface area (Å²) in [6.07, 6.45) is 1.71. The second-order valence-electron chi connectivity index (χ2n) is 4.57. The fourth-order valence-electron chi connectivity index (χ4n) is 2.23. The zero-order chi connectivity index (χ0) is 12.3. The number of β-amino-alcohol motifs (C(OH)–C–C–N with tert-alkyl or cyclic N) is 1. The van der Waals surface area contributed by atoms with Gasteiger partial charge in [0.15, 0.2) is 0 Å². The minimum atomic E-state index is -0.813. The molecule has 1 fully saturated rings. The molecule has 1 aromatic carbocycles. The normalized spacial score (nSPS) is 24.4. The molecule has 0 bridgehead atoms. The van der Waals surface area contributed by atoms with Gasteiger partial charge in [0.05, 0.1) is 0 Å². The van der Waals surface area contributed by atoms with E-state index in [0.29, 0.717) is 6.54 Å². The molecule has 4 heteroatoms. The molecule has 0 saturated carbocycles. The number of aliphatic hydroxyl groups is 1. The zero-order valence-corrected chi connectivity index (χ0v) is 9.99. The van der Waals surface area contributed by atoms with Crippen molar-refractivity contribution in [2.24, 2.45) is 0 Å². The van der Waals surface area contributed by atoms with E-state index in [2.05, 4.69) is 10.6 Å². The number of carbonyl (C=O) groups is 1. The van der Waals surface area contributed by atoms with Crippen molar-refractivity contribution in [1.82, 2.24) is 5.32 Å². The number of benzene rings is 1. The molecule has 1 saturated heterocycles. The molecule has 1 heterocycles. The van der Waals surface area contributed by atoms with Crippen LogP contribution in [0.25, 0.3) is 0 Å². The van der Waals surface area contributed by atoms with Crippen LogP contribution in [0, 0.1) is 0 Å². The number of nitrogens with one attached hydrogen (secondary N) is 2. The quantitative estimate of drug-likeness (QED) is 0.721. The van der Waals surface area contributed by atoms with Crippen LogP contribution in [0.1, 0.15) is 25.3 Å². The van der Waals surface area contributed by atoms with Crippen molar-refractivity contribution in [1.29, 1.82) is 0 Å². The summed E-state index contributed by atoms with van der Waals surface area (Å²) in [6.45, 7) is 2.99. The van der Waals surface area contributed by atoms with Crippen LogP contribution in [0.5, 0.6) is 0 Å². The molecule has 2 rings (SSSR count). The SMILES string of the molecule is CC(=O)Nc1cccc(C2(O)CCCNC2)c1. The van der Waals surface area contributed by atoms with Crippen LogP contribution in [0.4, 0.5) is 5.69 Å². The van der Waals surface area contributed by atoms with Gasteiger partial charge in [-0.05, 0) is 37.1 Å². The van der Waals surface area contributed by atoms with Gasteiger partial charge in [-0.1, -0.05) is 12.1 Å². The molecule has 1 aliphatic heterocycles. The standard InChI is InChI=1S/C13H18N2O2/c1-10(16)15-12-5-2-4-11(8-12)13(17)6-3-7-14-9-13/h2,4-5,8,14,17H,3,6-7,9H2,1H3,(H,15,16). The molecule has 1 amide bonds. The van der Waals surface area contributed by atoms with Gasteiger partial charge in [-0.15, -0.1) is 0 Å². The monoisotopic (exact) mass is 234 g/mol. The average Bonchev–Trinajstić information content (AvgIpc) is 2.29. The van der Waals surface area contributed by atoms with Crippen molar-refractivity contribution in [2.45, 2.75) is 25.4 Å². The molecule has 3 N–H and O–H groups in total. The molecule has 0 aliphatic carbocycles. The maximum atomic E-state index is 11.0. The minimum absolute atomic E-state index is 0.101. The minimum Gasteiger partial charge on any atom is -0.384 e. The third-order valence-electron chi connectivity index (χ3n) is 3.08. The van der Waals surface area contributed by atoms with E-state index < -0.39 is 5.60 Å². The number of hydrogen-bond donors (Lipinski definition) is 3. The zero-order valence-electron chi connectivity index (χ0n) is 9.99. The lowest BCUT2D eigenvalue weighted by molar-refractivity contribution is -0.114. The Bertz CT molecular complexity index is 412. The van der Waals surface area contributed by atoms with Crippen molar-refractivity contribution in [3.63, 3.8) is 0 Å².